The fraction of sp³-hybridized carbons (Fsp3) is 0.600. The van der Waals surface area contributed by atoms with E-state index < -0.39 is 0 Å². The van der Waals surface area contributed by atoms with E-state index >= 15 is 0 Å². The summed E-state index contributed by atoms with van der Waals surface area (Å²) in [7, 11) is 0. The van der Waals surface area contributed by atoms with Gasteiger partial charge >= 0.3 is 0 Å². The lowest BCUT2D eigenvalue weighted by molar-refractivity contribution is -0.121. The Morgan fingerprint density at radius 3 is 3.13 bits per heavy atom. The van der Waals surface area contributed by atoms with Gasteiger partial charge in [0.25, 0.3) is 0 Å². The predicted octanol–water partition coefficient (Wildman–Crippen LogP) is 0.181. The minimum Gasteiger partial charge on any atom is -0.352 e. The summed E-state index contributed by atoms with van der Waals surface area (Å²) in [5, 5.41) is 2.93. The minimum absolute atomic E-state index is 0.0393. The summed E-state index contributed by atoms with van der Waals surface area (Å²) in [4.78, 5) is 15.5. The summed E-state index contributed by atoms with van der Waals surface area (Å²) in [6.07, 6.45) is 5.56. The Bertz CT molecular complexity index is 354. The minimum atomic E-state index is -0.0961. The van der Waals surface area contributed by atoms with Gasteiger partial charge in [0, 0.05) is 18.3 Å². The molecule has 1 amide bonds. The van der Waals surface area contributed by atoms with E-state index in [2.05, 4.69) is 10.3 Å². The first-order valence-corrected chi connectivity index (χ1v) is 5.22. The molecule has 0 bridgehead atoms. The molecule has 0 unspecified atom stereocenters. The maximum atomic E-state index is 11.5. The summed E-state index contributed by atoms with van der Waals surface area (Å²) < 4.78 is 1.79. The van der Waals surface area contributed by atoms with Gasteiger partial charge in [0.05, 0.1) is 12.0 Å². The number of carbonyl (C=O) groups excluding carboxylic acids is 1. The van der Waals surface area contributed by atoms with Crippen LogP contribution in [0.2, 0.25) is 0 Å². The van der Waals surface area contributed by atoms with Gasteiger partial charge in [-0.1, -0.05) is 0 Å². The normalized spacial score (nSPS) is 17.5. The second-order valence-corrected chi connectivity index (χ2v) is 4.08. The summed E-state index contributed by atoms with van der Waals surface area (Å²) in [6, 6.07) is 0.306. The highest BCUT2D eigenvalue weighted by atomic mass is 16.2. The molecule has 2 rings (SSSR count). The molecule has 15 heavy (non-hydrogen) atoms. The van der Waals surface area contributed by atoms with Gasteiger partial charge in [-0.3, -0.25) is 4.79 Å². The predicted molar refractivity (Wildman–Crippen MR) is 56.0 cm³/mol. The van der Waals surface area contributed by atoms with Crippen LogP contribution in [0.4, 0.5) is 0 Å². The quantitative estimate of drug-likeness (QED) is 0.741. The number of imidazole rings is 1. The van der Waals surface area contributed by atoms with Crippen molar-refractivity contribution in [1.82, 2.24) is 14.9 Å². The number of nitrogens with zero attached hydrogens (tertiary/aromatic N) is 2. The monoisotopic (exact) mass is 208 g/mol. The van der Waals surface area contributed by atoms with E-state index in [0.717, 1.165) is 18.5 Å². The molecule has 0 spiro atoms. The third-order valence-corrected chi connectivity index (χ3v) is 2.47. The van der Waals surface area contributed by atoms with Gasteiger partial charge in [0.2, 0.25) is 5.91 Å². The smallest absolute Gasteiger partial charge is 0.240 e. The highest BCUT2D eigenvalue weighted by Crippen LogP contribution is 2.18. The summed E-state index contributed by atoms with van der Waals surface area (Å²) >= 11 is 0. The van der Waals surface area contributed by atoms with Crippen molar-refractivity contribution in [3.05, 3.63) is 18.2 Å². The molecular weight excluding hydrogens is 192 g/mol. The van der Waals surface area contributed by atoms with Crippen molar-refractivity contribution in [2.24, 2.45) is 5.73 Å². The molecule has 1 aliphatic rings. The number of hydrogen-bond acceptors (Lipinski definition) is 3. The average Bonchev–Trinajstić information content (AvgIpc) is 2.82. The lowest BCUT2D eigenvalue weighted by Crippen LogP contribution is -2.30. The van der Waals surface area contributed by atoms with Crippen LogP contribution in [0, 0.1) is 0 Å². The number of nitrogens with one attached hydrogen (secondary N) is 1. The molecule has 0 radical (unpaired) electrons. The summed E-state index contributed by atoms with van der Waals surface area (Å²) in [6.45, 7) is 2.19. The lowest BCUT2D eigenvalue weighted by atomic mass is 10.3. The average molecular weight is 208 g/mol. The van der Waals surface area contributed by atoms with Gasteiger partial charge in [0.1, 0.15) is 6.54 Å². The molecule has 1 heterocycles. The largest absolute Gasteiger partial charge is 0.352 e. The first-order valence-electron chi connectivity index (χ1n) is 5.22. The van der Waals surface area contributed by atoms with Crippen molar-refractivity contribution >= 4 is 5.91 Å². The Kier molecular flexibility index (Phi) is 2.73. The Labute approximate surface area is 88.7 Å². The second kappa shape index (κ2) is 4.02. The Balaban J connectivity index is 1.96. The van der Waals surface area contributed by atoms with Gasteiger partial charge in [0.15, 0.2) is 0 Å². The SMILES string of the molecule is C[C@H](N)c1cncn1CC(=O)NC1CC1. The molecule has 1 atom stereocenters. The van der Waals surface area contributed by atoms with Crippen LogP contribution in [0.5, 0.6) is 0 Å². The molecular formula is C10H16N4O. The zero-order valence-corrected chi connectivity index (χ0v) is 8.81. The third-order valence-electron chi connectivity index (χ3n) is 2.47. The molecule has 0 aliphatic heterocycles. The Hall–Kier alpha value is -1.36. The zero-order chi connectivity index (χ0) is 10.8. The number of rotatable bonds is 4. The lowest BCUT2D eigenvalue weighted by Gasteiger charge is -2.10. The van der Waals surface area contributed by atoms with Crippen LogP contribution in [0.15, 0.2) is 12.5 Å². The van der Waals surface area contributed by atoms with E-state index in [1.165, 1.54) is 0 Å². The number of nitrogens with two attached hydrogens (primary N) is 1. The fourth-order valence-corrected chi connectivity index (χ4v) is 1.50. The van der Waals surface area contributed by atoms with Crippen molar-refractivity contribution in [2.45, 2.75) is 38.4 Å². The molecule has 5 nitrogen and oxygen atoms in total. The third kappa shape index (κ3) is 2.56. The molecule has 1 aliphatic carbocycles. The Morgan fingerprint density at radius 1 is 1.80 bits per heavy atom. The number of hydrogen-bond donors (Lipinski definition) is 2. The van der Waals surface area contributed by atoms with Crippen LogP contribution >= 0.6 is 0 Å². The molecule has 1 aromatic heterocycles. The fourth-order valence-electron chi connectivity index (χ4n) is 1.50. The van der Waals surface area contributed by atoms with Gasteiger partial charge in [-0.15, -0.1) is 0 Å². The summed E-state index contributed by atoms with van der Waals surface area (Å²) in [5.74, 6) is 0.0393. The maximum Gasteiger partial charge on any atom is 0.240 e. The van der Waals surface area contributed by atoms with Gasteiger partial charge < -0.3 is 15.6 Å². The molecule has 1 fully saturated rings. The maximum absolute atomic E-state index is 11.5. The van der Waals surface area contributed by atoms with Crippen LogP contribution in [0.3, 0.4) is 0 Å². The Morgan fingerprint density at radius 2 is 2.53 bits per heavy atom. The highest BCUT2D eigenvalue weighted by Gasteiger charge is 2.23. The van der Waals surface area contributed by atoms with E-state index in [0.29, 0.717) is 12.6 Å². The molecule has 1 saturated carbocycles. The molecule has 5 heteroatoms. The van der Waals surface area contributed by atoms with E-state index in [9.17, 15) is 4.79 Å². The zero-order valence-electron chi connectivity index (χ0n) is 8.81. The van der Waals surface area contributed by atoms with Crippen LogP contribution < -0.4 is 11.1 Å². The van der Waals surface area contributed by atoms with Gasteiger partial charge in [-0.25, -0.2) is 4.98 Å². The van der Waals surface area contributed by atoms with Crippen molar-refractivity contribution in [3.8, 4) is 0 Å². The first-order chi connectivity index (χ1) is 7.16. The van der Waals surface area contributed by atoms with Crippen molar-refractivity contribution in [2.75, 3.05) is 0 Å². The van der Waals surface area contributed by atoms with Crippen molar-refractivity contribution in [1.29, 1.82) is 0 Å². The molecule has 1 aromatic rings. The van der Waals surface area contributed by atoms with E-state index in [1.807, 2.05) is 6.92 Å². The summed E-state index contributed by atoms with van der Waals surface area (Å²) in [5.41, 5.74) is 6.65. The highest BCUT2D eigenvalue weighted by molar-refractivity contribution is 5.76. The number of carbonyl (C=O) groups is 1. The van der Waals surface area contributed by atoms with E-state index in [1.54, 1.807) is 17.1 Å². The number of amides is 1. The molecule has 82 valence electrons. The standard InChI is InChI=1S/C10H16N4O/c1-7(11)9-4-12-6-14(9)5-10(15)13-8-2-3-8/h4,6-8H,2-3,5,11H2,1H3,(H,13,15)/t7-/m0/s1. The number of aromatic nitrogens is 2. The van der Waals surface area contributed by atoms with Crippen molar-refractivity contribution in [3.63, 3.8) is 0 Å². The molecule has 3 N–H and O–H groups in total. The van der Waals surface area contributed by atoms with Crippen LogP contribution in [0.1, 0.15) is 31.5 Å². The van der Waals surface area contributed by atoms with Crippen LogP contribution in [0.25, 0.3) is 0 Å². The topological polar surface area (TPSA) is 72.9 Å². The second-order valence-electron chi connectivity index (χ2n) is 4.08. The van der Waals surface area contributed by atoms with E-state index in [-0.39, 0.29) is 11.9 Å². The molecule has 0 saturated heterocycles. The first kappa shape index (κ1) is 10.2. The van der Waals surface area contributed by atoms with Crippen molar-refractivity contribution < 1.29 is 4.79 Å². The van der Waals surface area contributed by atoms with Gasteiger partial charge in [-0.2, -0.15) is 0 Å². The van der Waals surface area contributed by atoms with Crippen LogP contribution in [-0.4, -0.2) is 21.5 Å². The molecule has 0 aromatic carbocycles. The van der Waals surface area contributed by atoms with E-state index in [4.69, 9.17) is 5.73 Å². The van der Waals surface area contributed by atoms with Gasteiger partial charge in [-0.05, 0) is 19.8 Å². The van der Waals surface area contributed by atoms with Crippen LogP contribution in [-0.2, 0) is 11.3 Å².